The van der Waals surface area contributed by atoms with E-state index in [0.717, 1.165) is 53.0 Å². The molecule has 2 aromatic carbocycles. The van der Waals surface area contributed by atoms with Gasteiger partial charge in [-0.3, -0.25) is 9.69 Å². The van der Waals surface area contributed by atoms with Crippen LogP contribution in [0.4, 0.5) is 0 Å². The van der Waals surface area contributed by atoms with E-state index >= 15 is 0 Å². The number of carbonyl (C=O) groups is 1. The highest BCUT2D eigenvalue weighted by Crippen LogP contribution is 2.33. The van der Waals surface area contributed by atoms with Gasteiger partial charge in [-0.2, -0.15) is 0 Å². The maximum absolute atomic E-state index is 13.3. The van der Waals surface area contributed by atoms with E-state index in [0.29, 0.717) is 13.2 Å². The predicted octanol–water partition coefficient (Wildman–Crippen LogP) is 4.23. The normalized spacial score (nSPS) is 18.5. The smallest absolute Gasteiger partial charge is 0.242 e. The van der Waals surface area contributed by atoms with Gasteiger partial charge in [0.2, 0.25) is 5.91 Å². The van der Waals surface area contributed by atoms with E-state index in [-0.39, 0.29) is 18.0 Å². The van der Waals surface area contributed by atoms with Crippen molar-refractivity contribution in [3.8, 4) is 11.5 Å². The number of rotatable bonds is 5. The second-order valence-corrected chi connectivity index (χ2v) is 8.25. The van der Waals surface area contributed by atoms with Gasteiger partial charge in [-0.1, -0.05) is 34.1 Å². The molecule has 2 aliphatic heterocycles. The fourth-order valence-electron chi connectivity index (χ4n) is 3.91. The summed E-state index contributed by atoms with van der Waals surface area (Å²) >= 11 is 3.53. The molecule has 2 heterocycles. The third-order valence-corrected chi connectivity index (χ3v) is 5.84. The Morgan fingerprint density at radius 2 is 1.79 bits per heavy atom. The molecule has 0 unspecified atom stereocenters. The number of amides is 1. The van der Waals surface area contributed by atoms with Crippen LogP contribution in [-0.4, -0.2) is 37.1 Å². The molecule has 0 aromatic heterocycles. The number of nitrogens with zero attached hydrogens (tertiary/aromatic N) is 1. The Morgan fingerprint density at radius 3 is 2.54 bits per heavy atom. The molecule has 2 atom stereocenters. The minimum Gasteiger partial charge on any atom is -0.486 e. The molecule has 1 amide bonds. The molecule has 4 rings (SSSR count). The zero-order chi connectivity index (χ0) is 19.5. The van der Waals surface area contributed by atoms with E-state index in [9.17, 15) is 4.79 Å². The lowest BCUT2D eigenvalue weighted by Crippen LogP contribution is -2.40. The van der Waals surface area contributed by atoms with Crippen LogP contribution in [0.15, 0.2) is 46.9 Å². The number of nitrogens with one attached hydrogen (secondary N) is 1. The van der Waals surface area contributed by atoms with Crippen LogP contribution >= 0.6 is 15.9 Å². The lowest BCUT2D eigenvalue weighted by Gasteiger charge is -2.29. The second-order valence-electron chi connectivity index (χ2n) is 7.33. The molecule has 1 N–H and O–H groups in total. The lowest BCUT2D eigenvalue weighted by atomic mass is 10.0. The summed E-state index contributed by atoms with van der Waals surface area (Å²) in [5.74, 6) is 1.54. The van der Waals surface area contributed by atoms with E-state index in [1.54, 1.807) is 0 Å². The molecule has 148 valence electrons. The van der Waals surface area contributed by atoms with Gasteiger partial charge in [0, 0.05) is 4.47 Å². The highest BCUT2D eigenvalue weighted by atomic mass is 79.9. The summed E-state index contributed by atoms with van der Waals surface area (Å²) in [7, 11) is 0. The van der Waals surface area contributed by atoms with Gasteiger partial charge in [0.1, 0.15) is 19.3 Å². The highest BCUT2D eigenvalue weighted by molar-refractivity contribution is 9.10. The number of benzene rings is 2. The van der Waals surface area contributed by atoms with Gasteiger partial charge in [-0.15, -0.1) is 0 Å². The van der Waals surface area contributed by atoms with E-state index in [4.69, 9.17) is 9.47 Å². The SMILES string of the molecule is C[C@@H](NC(=O)[C@H](c1cccc(Br)c1)N1CCCC1)c1ccc2c(c1)OCCO2. The molecule has 0 aliphatic carbocycles. The Balaban J connectivity index is 1.53. The molecule has 1 saturated heterocycles. The van der Waals surface area contributed by atoms with Crippen LogP contribution in [0.3, 0.4) is 0 Å². The first-order valence-corrected chi connectivity index (χ1v) is 10.6. The molecule has 2 aromatic rings. The first-order valence-electron chi connectivity index (χ1n) is 9.81. The molecule has 0 bridgehead atoms. The number of hydrogen-bond acceptors (Lipinski definition) is 4. The average Bonchev–Trinajstić information content (AvgIpc) is 3.22. The van der Waals surface area contributed by atoms with Crippen molar-refractivity contribution in [3.05, 3.63) is 58.1 Å². The van der Waals surface area contributed by atoms with E-state index in [2.05, 4.69) is 26.1 Å². The molecular formula is C22H25BrN2O3. The highest BCUT2D eigenvalue weighted by Gasteiger charge is 2.30. The summed E-state index contributed by atoms with van der Waals surface area (Å²) in [5.41, 5.74) is 2.02. The third kappa shape index (κ3) is 4.18. The number of ether oxygens (including phenoxy) is 2. The Morgan fingerprint density at radius 1 is 1.04 bits per heavy atom. The van der Waals surface area contributed by atoms with Crippen molar-refractivity contribution in [3.63, 3.8) is 0 Å². The molecule has 0 saturated carbocycles. The van der Waals surface area contributed by atoms with Crippen LogP contribution in [-0.2, 0) is 4.79 Å². The summed E-state index contributed by atoms with van der Waals surface area (Å²) in [4.78, 5) is 15.6. The summed E-state index contributed by atoms with van der Waals surface area (Å²) in [6.45, 7) is 5.02. The average molecular weight is 445 g/mol. The van der Waals surface area contributed by atoms with Crippen LogP contribution in [0.1, 0.15) is 43.0 Å². The fraction of sp³-hybridized carbons (Fsp3) is 0.409. The van der Waals surface area contributed by atoms with E-state index in [1.807, 2.05) is 49.4 Å². The van der Waals surface area contributed by atoms with Crippen LogP contribution in [0.25, 0.3) is 0 Å². The van der Waals surface area contributed by atoms with Gasteiger partial charge < -0.3 is 14.8 Å². The van der Waals surface area contributed by atoms with Crippen LogP contribution in [0.5, 0.6) is 11.5 Å². The standard InChI is InChI=1S/C22H25BrN2O3/c1-15(16-7-8-19-20(14-16)28-12-11-27-19)24-22(26)21(25-9-2-3-10-25)17-5-4-6-18(23)13-17/h4-8,13-15,21H,2-3,9-12H2,1H3,(H,24,26)/t15-,21+/m1/s1. The van der Waals surface area contributed by atoms with Crippen molar-refractivity contribution in [1.82, 2.24) is 10.2 Å². The van der Waals surface area contributed by atoms with Crippen molar-refractivity contribution >= 4 is 21.8 Å². The van der Waals surface area contributed by atoms with Crippen molar-refractivity contribution in [2.45, 2.75) is 31.8 Å². The maximum Gasteiger partial charge on any atom is 0.242 e. The molecule has 6 heteroatoms. The number of fused-ring (bicyclic) bond motifs is 1. The van der Waals surface area contributed by atoms with Gasteiger partial charge in [0.15, 0.2) is 11.5 Å². The molecular weight excluding hydrogens is 420 g/mol. The molecule has 5 nitrogen and oxygen atoms in total. The summed E-state index contributed by atoms with van der Waals surface area (Å²) < 4.78 is 12.3. The minimum atomic E-state index is -0.278. The first-order chi connectivity index (χ1) is 13.6. The van der Waals surface area contributed by atoms with Crippen LogP contribution < -0.4 is 14.8 Å². The third-order valence-electron chi connectivity index (χ3n) is 5.34. The Kier molecular flexibility index (Phi) is 5.87. The quantitative estimate of drug-likeness (QED) is 0.749. The van der Waals surface area contributed by atoms with Gasteiger partial charge in [0.25, 0.3) is 0 Å². The van der Waals surface area contributed by atoms with Gasteiger partial charge in [-0.25, -0.2) is 0 Å². The number of likely N-dealkylation sites (tertiary alicyclic amines) is 1. The first kappa shape index (κ1) is 19.3. The summed E-state index contributed by atoms with van der Waals surface area (Å²) in [6, 6.07) is 13.5. The van der Waals surface area contributed by atoms with Crippen molar-refractivity contribution in [2.75, 3.05) is 26.3 Å². The maximum atomic E-state index is 13.3. The zero-order valence-corrected chi connectivity index (χ0v) is 17.6. The topological polar surface area (TPSA) is 50.8 Å². The van der Waals surface area contributed by atoms with Gasteiger partial charge in [-0.05, 0) is 68.2 Å². The molecule has 1 fully saturated rings. The number of halogens is 1. The van der Waals surface area contributed by atoms with Gasteiger partial charge >= 0.3 is 0 Å². The molecule has 0 spiro atoms. The largest absolute Gasteiger partial charge is 0.486 e. The zero-order valence-electron chi connectivity index (χ0n) is 16.0. The van der Waals surface area contributed by atoms with Crippen molar-refractivity contribution < 1.29 is 14.3 Å². The monoisotopic (exact) mass is 444 g/mol. The molecule has 0 radical (unpaired) electrons. The Bertz CT molecular complexity index is 851. The van der Waals surface area contributed by atoms with Gasteiger partial charge in [0.05, 0.1) is 6.04 Å². The molecule has 2 aliphatic rings. The summed E-state index contributed by atoms with van der Waals surface area (Å²) in [5, 5.41) is 3.21. The second kappa shape index (κ2) is 8.53. The van der Waals surface area contributed by atoms with Crippen LogP contribution in [0, 0.1) is 0 Å². The minimum absolute atomic E-state index is 0.0300. The lowest BCUT2D eigenvalue weighted by molar-refractivity contribution is -0.127. The molecule has 28 heavy (non-hydrogen) atoms. The van der Waals surface area contributed by atoms with E-state index < -0.39 is 0 Å². The van der Waals surface area contributed by atoms with Crippen LogP contribution in [0.2, 0.25) is 0 Å². The summed E-state index contributed by atoms with van der Waals surface area (Å²) in [6.07, 6.45) is 2.27. The number of hydrogen-bond donors (Lipinski definition) is 1. The fourth-order valence-corrected chi connectivity index (χ4v) is 4.33. The van der Waals surface area contributed by atoms with Crippen molar-refractivity contribution in [2.24, 2.45) is 0 Å². The van der Waals surface area contributed by atoms with Crippen molar-refractivity contribution in [1.29, 1.82) is 0 Å². The Hall–Kier alpha value is -2.05. The number of carbonyl (C=O) groups excluding carboxylic acids is 1. The van der Waals surface area contributed by atoms with E-state index in [1.165, 1.54) is 0 Å². The Labute approximate surface area is 174 Å². The predicted molar refractivity (Wildman–Crippen MR) is 112 cm³/mol.